The van der Waals surface area contributed by atoms with Crippen molar-refractivity contribution in [1.82, 2.24) is 14.5 Å². The molecule has 1 aromatic carbocycles. The lowest BCUT2D eigenvalue weighted by molar-refractivity contribution is 0.384. The lowest BCUT2D eigenvalue weighted by atomic mass is 10.4. The summed E-state index contributed by atoms with van der Waals surface area (Å²) in [5.74, 6) is 0.595. The predicted molar refractivity (Wildman–Crippen MR) is 94.3 cm³/mol. The smallest absolute Gasteiger partial charge is 0.244 e. The molecular formula is C15H17ClN4O2S2. The van der Waals surface area contributed by atoms with Gasteiger partial charge in [0.2, 0.25) is 15.2 Å². The van der Waals surface area contributed by atoms with Gasteiger partial charge in [0.05, 0.1) is 5.02 Å². The van der Waals surface area contributed by atoms with E-state index in [0.717, 1.165) is 10.1 Å². The highest BCUT2D eigenvalue weighted by molar-refractivity contribution is 7.89. The number of halogens is 1. The summed E-state index contributed by atoms with van der Waals surface area (Å²) >= 11 is 7.69. The molecule has 1 aliphatic carbocycles. The molecule has 1 aromatic heterocycles. The van der Waals surface area contributed by atoms with Crippen molar-refractivity contribution in [3.05, 3.63) is 34.3 Å². The third-order valence-electron chi connectivity index (χ3n) is 4.32. The zero-order valence-electron chi connectivity index (χ0n) is 12.9. The van der Waals surface area contributed by atoms with Gasteiger partial charge in [-0.2, -0.15) is 4.31 Å². The van der Waals surface area contributed by atoms with Gasteiger partial charge in [-0.3, -0.25) is 0 Å². The Morgan fingerprint density at radius 2 is 1.79 bits per heavy atom. The van der Waals surface area contributed by atoms with Crippen molar-refractivity contribution in [2.24, 2.45) is 0 Å². The van der Waals surface area contributed by atoms with E-state index in [2.05, 4.69) is 15.1 Å². The Labute approximate surface area is 150 Å². The molecule has 2 aromatic rings. The molecule has 0 N–H and O–H groups in total. The molecule has 6 nitrogen and oxygen atoms in total. The van der Waals surface area contributed by atoms with Crippen molar-refractivity contribution < 1.29 is 8.42 Å². The molecule has 0 atom stereocenters. The molecule has 9 heteroatoms. The van der Waals surface area contributed by atoms with Gasteiger partial charge in [-0.05, 0) is 25.0 Å². The van der Waals surface area contributed by atoms with Crippen molar-refractivity contribution in [1.29, 1.82) is 0 Å². The third kappa shape index (κ3) is 3.03. The first-order valence-electron chi connectivity index (χ1n) is 7.89. The van der Waals surface area contributed by atoms with E-state index in [1.54, 1.807) is 35.6 Å². The molecule has 0 bridgehead atoms. The normalized spacial score (nSPS) is 19.6. The number of sulfonamides is 1. The van der Waals surface area contributed by atoms with Crippen LogP contribution in [0.4, 0.5) is 5.13 Å². The average Bonchev–Trinajstić information content (AvgIpc) is 3.32. The van der Waals surface area contributed by atoms with E-state index >= 15 is 0 Å². The van der Waals surface area contributed by atoms with Crippen molar-refractivity contribution in [3.8, 4) is 0 Å². The van der Waals surface area contributed by atoms with Crippen LogP contribution in [-0.2, 0) is 10.0 Å². The lowest BCUT2D eigenvalue weighted by Crippen LogP contribution is -2.48. The molecule has 0 radical (unpaired) electrons. The summed E-state index contributed by atoms with van der Waals surface area (Å²) in [6, 6.07) is 6.57. The van der Waals surface area contributed by atoms with Crippen LogP contribution in [0.1, 0.15) is 23.8 Å². The van der Waals surface area contributed by atoms with Gasteiger partial charge in [0.25, 0.3) is 0 Å². The lowest BCUT2D eigenvalue weighted by Gasteiger charge is -2.33. The van der Waals surface area contributed by atoms with Gasteiger partial charge in [-0.15, -0.1) is 10.2 Å². The van der Waals surface area contributed by atoms with Crippen LogP contribution < -0.4 is 4.90 Å². The first-order chi connectivity index (χ1) is 11.6. The molecule has 0 unspecified atom stereocenters. The van der Waals surface area contributed by atoms with Crippen LogP contribution >= 0.6 is 22.9 Å². The average molecular weight is 385 g/mol. The van der Waals surface area contributed by atoms with E-state index in [-0.39, 0.29) is 9.92 Å². The third-order valence-corrected chi connectivity index (χ3v) is 7.87. The van der Waals surface area contributed by atoms with Crippen LogP contribution in [-0.4, -0.2) is 49.1 Å². The zero-order chi connectivity index (χ0) is 16.7. The highest BCUT2D eigenvalue weighted by Gasteiger charge is 2.32. The summed E-state index contributed by atoms with van der Waals surface area (Å²) in [5.41, 5.74) is 0. The number of piperazine rings is 1. The second-order valence-corrected chi connectivity index (χ2v) is 9.32. The summed E-state index contributed by atoms with van der Waals surface area (Å²) < 4.78 is 27.0. The maximum atomic E-state index is 12.8. The van der Waals surface area contributed by atoms with E-state index in [0.29, 0.717) is 32.1 Å². The largest absolute Gasteiger partial charge is 0.344 e. The van der Waals surface area contributed by atoms with Crippen molar-refractivity contribution >= 4 is 38.1 Å². The maximum absolute atomic E-state index is 12.8. The molecular weight excluding hydrogens is 368 g/mol. The molecule has 2 heterocycles. The van der Waals surface area contributed by atoms with Crippen molar-refractivity contribution in [2.45, 2.75) is 23.7 Å². The fraction of sp³-hybridized carbons (Fsp3) is 0.467. The van der Waals surface area contributed by atoms with Gasteiger partial charge < -0.3 is 4.90 Å². The van der Waals surface area contributed by atoms with Crippen LogP contribution in [0.2, 0.25) is 5.02 Å². The quantitative estimate of drug-likeness (QED) is 0.810. The van der Waals surface area contributed by atoms with Gasteiger partial charge in [0, 0.05) is 32.1 Å². The Hall–Kier alpha value is -1.22. The number of nitrogens with zero attached hydrogens (tertiary/aromatic N) is 4. The minimum Gasteiger partial charge on any atom is -0.344 e. The van der Waals surface area contributed by atoms with Gasteiger partial charge >= 0.3 is 0 Å². The number of rotatable bonds is 4. The fourth-order valence-electron chi connectivity index (χ4n) is 2.76. The standard InChI is InChI=1S/C15H17ClN4O2S2/c16-12-3-1-2-4-13(12)24(21,22)20-9-7-19(8-10-20)15-18-17-14(23-15)11-5-6-11/h1-4,11H,5-10H2. The van der Waals surface area contributed by atoms with E-state index in [1.807, 2.05) is 0 Å². The topological polar surface area (TPSA) is 66.4 Å². The number of benzene rings is 1. The summed E-state index contributed by atoms with van der Waals surface area (Å²) in [5, 5.41) is 10.8. The van der Waals surface area contributed by atoms with Gasteiger partial charge in [-0.25, -0.2) is 8.42 Å². The monoisotopic (exact) mass is 384 g/mol. The second-order valence-electron chi connectivity index (χ2n) is 6.02. The van der Waals surface area contributed by atoms with Crippen LogP contribution in [0, 0.1) is 0 Å². The zero-order valence-corrected chi connectivity index (χ0v) is 15.3. The minimum absolute atomic E-state index is 0.173. The van der Waals surface area contributed by atoms with E-state index < -0.39 is 10.0 Å². The molecule has 0 amide bonds. The molecule has 128 valence electrons. The first kappa shape index (κ1) is 16.3. The number of anilines is 1. The molecule has 0 spiro atoms. The van der Waals surface area contributed by atoms with E-state index in [4.69, 9.17) is 11.6 Å². The molecule has 1 saturated carbocycles. The molecule has 2 aliphatic rings. The number of hydrogen-bond acceptors (Lipinski definition) is 6. The Morgan fingerprint density at radius 3 is 2.46 bits per heavy atom. The molecule has 1 aliphatic heterocycles. The highest BCUT2D eigenvalue weighted by Crippen LogP contribution is 2.42. The van der Waals surface area contributed by atoms with E-state index in [1.165, 1.54) is 17.1 Å². The van der Waals surface area contributed by atoms with Crippen LogP contribution in [0.25, 0.3) is 0 Å². The minimum atomic E-state index is -3.55. The van der Waals surface area contributed by atoms with Gasteiger partial charge in [0.15, 0.2) is 0 Å². The number of hydrogen-bond donors (Lipinski definition) is 0. The van der Waals surface area contributed by atoms with Crippen molar-refractivity contribution in [3.63, 3.8) is 0 Å². The highest BCUT2D eigenvalue weighted by atomic mass is 35.5. The SMILES string of the molecule is O=S(=O)(c1ccccc1Cl)N1CCN(c2nnc(C3CC3)s2)CC1. The number of aromatic nitrogens is 2. The Morgan fingerprint density at radius 1 is 1.08 bits per heavy atom. The summed E-state index contributed by atoms with van der Waals surface area (Å²) in [6.07, 6.45) is 2.41. The second kappa shape index (κ2) is 6.25. The predicted octanol–water partition coefficient (Wildman–Crippen LogP) is 2.58. The molecule has 24 heavy (non-hydrogen) atoms. The van der Waals surface area contributed by atoms with Gasteiger partial charge in [0.1, 0.15) is 9.90 Å². The Bertz CT molecular complexity index is 843. The van der Waals surface area contributed by atoms with Crippen molar-refractivity contribution in [2.75, 3.05) is 31.1 Å². The molecule has 4 rings (SSSR count). The summed E-state index contributed by atoms with van der Waals surface area (Å²) in [4.78, 5) is 2.29. The van der Waals surface area contributed by atoms with Gasteiger partial charge in [-0.1, -0.05) is 35.1 Å². The van der Waals surface area contributed by atoms with E-state index in [9.17, 15) is 8.42 Å². The first-order valence-corrected chi connectivity index (χ1v) is 10.5. The fourth-order valence-corrected chi connectivity index (χ4v) is 5.74. The molecule has 2 fully saturated rings. The maximum Gasteiger partial charge on any atom is 0.244 e. The summed E-state index contributed by atoms with van der Waals surface area (Å²) in [6.45, 7) is 2.07. The molecule has 1 saturated heterocycles. The van der Waals surface area contributed by atoms with Crippen LogP contribution in [0.3, 0.4) is 0 Å². The Balaban J connectivity index is 1.46. The summed E-state index contributed by atoms with van der Waals surface area (Å²) in [7, 11) is -3.55. The van der Waals surface area contributed by atoms with Crippen LogP contribution in [0.5, 0.6) is 0 Å². The van der Waals surface area contributed by atoms with Crippen LogP contribution in [0.15, 0.2) is 29.2 Å². The Kier molecular flexibility index (Phi) is 4.24.